The molecule has 0 spiro atoms. The average molecular weight is 383 g/mol. The van der Waals surface area contributed by atoms with E-state index in [1.165, 1.54) is 7.11 Å². The molecule has 5 nitrogen and oxygen atoms in total. The zero-order valence-electron chi connectivity index (χ0n) is 18.7. The first-order chi connectivity index (χ1) is 12.2. The number of hydrogen-bond donors (Lipinski definition) is 0. The number of Topliss-reactive ketones (excluding diaryl/α,β-unsaturated/α-hetero) is 1. The summed E-state index contributed by atoms with van der Waals surface area (Å²) in [5.74, 6) is 1.27. The lowest BCUT2D eigenvalue weighted by molar-refractivity contribution is -0.170. The number of hydrogen-bond acceptors (Lipinski definition) is 5. The lowest BCUT2D eigenvalue weighted by Crippen LogP contribution is -2.50. The van der Waals surface area contributed by atoms with E-state index >= 15 is 0 Å². The van der Waals surface area contributed by atoms with E-state index in [1.54, 1.807) is 27.9 Å². The number of rotatable bonds is 10. The molecule has 0 aromatic heterocycles. The predicted molar refractivity (Wildman–Crippen MR) is 107 cm³/mol. The molecule has 0 aliphatic carbocycles. The highest BCUT2D eigenvalue weighted by molar-refractivity contribution is 5.88. The molecule has 0 saturated carbocycles. The zero-order chi connectivity index (χ0) is 21.6. The number of terminal acetylenes is 1. The standard InChI is InChI=1S/C22H38O5/c1-12-13-14(2)17(25-10)15(3)18(23)22(8,9)19(26-11)16(4)20(24)27-21(5,6)7/h1,14-17,19H,13H2,2-11H3/t14-,15+,16-,17-,19-/m0/s1. The van der Waals surface area contributed by atoms with Crippen LogP contribution in [-0.2, 0) is 23.8 Å². The van der Waals surface area contributed by atoms with E-state index in [0.717, 1.165) is 0 Å². The second kappa shape index (κ2) is 10.2. The molecule has 5 heteroatoms. The highest BCUT2D eigenvalue weighted by atomic mass is 16.6. The summed E-state index contributed by atoms with van der Waals surface area (Å²) in [5, 5.41) is 0. The Morgan fingerprint density at radius 2 is 1.48 bits per heavy atom. The Morgan fingerprint density at radius 3 is 1.85 bits per heavy atom. The van der Waals surface area contributed by atoms with Gasteiger partial charge in [-0.15, -0.1) is 12.3 Å². The molecule has 0 aliphatic heterocycles. The van der Waals surface area contributed by atoms with E-state index in [9.17, 15) is 9.59 Å². The zero-order valence-corrected chi connectivity index (χ0v) is 18.7. The van der Waals surface area contributed by atoms with Crippen LogP contribution in [0.1, 0.15) is 61.8 Å². The molecule has 0 rings (SSSR count). The fourth-order valence-electron chi connectivity index (χ4n) is 3.75. The molecule has 27 heavy (non-hydrogen) atoms. The maximum absolute atomic E-state index is 13.3. The number of carbonyl (C=O) groups excluding carboxylic acids is 2. The van der Waals surface area contributed by atoms with E-state index in [4.69, 9.17) is 20.6 Å². The van der Waals surface area contributed by atoms with Crippen LogP contribution < -0.4 is 0 Å². The maximum Gasteiger partial charge on any atom is 0.311 e. The molecule has 0 amide bonds. The summed E-state index contributed by atoms with van der Waals surface area (Å²) in [6.45, 7) is 14.6. The van der Waals surface area contributed by atoms with Gasteiger partial charge in [0, 0.05) is 26.6 Å². The largest absolute Gasteiger partial charge is 0.460 e. The molecule has 0 heterocycles. The SMILES string of the molecule is C#CC[C@H](C)[C@H](OC)[C@@H](C)C(=O)C(C)(C)[C@@H](OC)[C@H](C)C(=O)OC(C)(C)C. The van der Waals surface area contributed by atoms with E-state index in [-0.39, 0.29) is 23.8 Å². The van der Waals surface area contributed by atoms with Crippen molar-refractivity contribution in [3.05, 3.63) is 0 Å². The Kier molecular flexibility index (Phi) is 9.72. The fraction of sp³-hybridized carbons (Fsp3) is 0.818. The minimum absolute atomic E-state index is 0.0273. The van der Waals surface area contributed by atoms with Crippen LogP contribution >= 0.6 is 0 Å². The van der Waals surface area contributed by atoms with Gasteiger partial charge in [0.25, 0.3) is 0 Å². The molecular formula is C22H38O5. The summed E-state index contributed by atoms with van der Waals surface area (Å²) < 4.78 is 16.7. The molecule has 0 fully saturated rings. The summed E-state index contributed by atoms with van der Waals surface area (Å²) in [5.41, 5.74) is -1.51. The van der Waals surface area contributed by atoms with Gasteiger partial charge < -0.3 is 14.2 Å². The van der Waals surface area contributed by atoms with Gasteiger partial charge in [-0.05, 0) is 33.6 Å². The van der Waals surface area contributed by atoms with Gasteiger partial charge in [-0.3, -0.25) is 9.59 Å². The van der Waals surface area contributed by atoms with Crippen LogP contribution in [0.4, 0.5) is 0 Å². The molecule has 0 aromatic carbocycles. The van der Waals surface area contributed by atoms with E-state index in [1.807, 2.05) is 34.6 Å². The summed E-state index contributed by atoms with van der Waals surface area (Å²) >= 11 is 0. The third kappa shape index (κ3) is 6.93. The van der Waals surface area contributed by atoms with Crippen molar-refractivity contribution < 1.29 is 23.8 Å². The van der Waals surface area contributed by atoms with Gasteiger partial charge in [-0.25, -0.2) is 0 Å². The summed E-state index contributed by atoms with van der Waals surface area (Å²) in [6, 6.07) is 0. The Hall–Kier alpha value is -1.38. The van der Waals surface area contributed by atoms with Crippen molar-refractivity contribution in [1.82, 2.24) is 0 Å². The van der Waals surface area contributed by atoms with Crippen LogP contribution in [0, 0.1) is 35.5 Å². The van der Waals surface area contributed by atoms with Gasteiger partial charge >= 0.3 is 5.97 Å². The highest BCUT2D eigenvalue weighted by Gasteiger charge is 2.46. The first-order valence-electron chi connectivity index (χ1n) is 9.50. The van der Waals surface area contributed by atoms with Crippen LogP contribution in [0.2, 0.25) is 0 Å². The molecular weight excluding hydrogens is 344 g/mol. The number of carbonyl (C=O) groups is 2. The van der Waals surface area contributed by atoms with Gasteiger partial charge in [0.1, 0.15) is 11.4 Å². The minimum Gasteiger partial charge on any atom is -0.460 e. The molecule has 156 valence electrons. The van der Waals surface area contributed by atoms with Crippen LogP contribution in [0.15, 0.2) is 0 Å². The Morgan fingerprint density at radius 1 is 0.963 bits per heavy atom. The Balaban J connectivity index is 5.55. The lowest BCUT2D eigenvalue weighted by atomic mass is 9.70. The maximum atomic E-state index is 13.3. The molecule has 0 radical (unpaired) electrons. The first-order valence-corrected chi connectivity index (χ1v) is 9.50. The molecule has 0 aliphatic rings. The molecule has 0 unspecified atom stereocenters. The summed E-state index contributed by atoms with van der Waals surface area (Å²) in [4.78, 5) is 25.8. The van der Waals surface area contributed by atoms with Gasteiger partial charge in [0.05, 0.1) is 23.5 Å². The van der Waals surface area contributed by atoms with Gasteiger partial charge in [-0.2, -0.15) is 0 Å². The number of ether oxygens (including phenoxy) is 3. The van der Waals surface area contributed by atoms with Gasteiger partial charge in [0.2, 0.25) is 0 Å². The van der Waals surface area contributed by atoms with Crippen LogP contribution in [-0.4, -0.2) is 43.8 Å². The van der Waals surface area contributed by atoms with Crippen LogP contribution in [0.3, 0.4) is 0 Å². The van der Waals surface area contributed by atoms with Crippen molar-refractivity contribution in [3.8, 4) is 12.3 Å². The fourth-order valence-corrected chi connectivity index (χ4v) is 3.75. The van der Waals surface area contributed by atoms with Crippen LogP contribution in [0.5, 0.6) is 0 Å². The van der Waals surface area contributed by atoms with Crippen LogP contribution in [0.25, 0.3) is 0 Å². The smallest absolute Gasteiger partial charge is 0.311 e. The third-order valence-electron chi connectivity index (χ3n) is 5.01. The first kappa shape index (κ1) is 25.6. The molecule has 5 atom stereocenters. The summed E-state index contributed by atoms with van der Waals surface area (Å²) in [6.07, 6.45) is 5.02. The van der Waals surface area contributed by atoms with Crippen molar-refractivity contribution in [2.75, 3.05) is 14.2 Å². The van der Waals surface area contributed by atoms with E-state index in [0.29, 0.717) is 6.42 Å². The normalized spacial score (nSPS) is 18.0. The van der Waals surface area contributed by atoms with Gasteiger partial charge in [0.15, 0.2) is 0 Å². The lowest BCUT2D eigenvalue weighted by Gasteiger charge is -2.39. The van der Waals surface area contributed by atoms with Crippen molar-refractivity contribution in [1.29, 1.82) is 0 Å². The van der Waals surface area contributed by atoms with Crippen molar-refractivity contribution >= 4 is 11.8 Å². The second-order valence-electron chi connectivity index (χ2n) is 8.94. The second-order valence-corrected chi connectivity index (χ2v) is 8.94. The number of ketones is 1. The number of methoxy groups -OCH3 is 2. The third-order valence-corrected chi connectivity index (χ3v) is 5.01. The van der Waals surface area contributed by atoms with E-state index < -0.39 is 29.0 Å². The Labute approximate surface area is 165 Å². The minimum atomic E-state index is -0.906. The quantitative estimate of drug-likeness (QED) is 0.424. The molecule has 0 aromatic rings. The molecule has 0 bridgehead atoms. The van der Waals surface area contributed by atoms with Crippen molar-refractivity contribution in [2.24, 2.45) is 23.2 Å². The number of esters is 1. The predicted octanol–water partition coefficient (Wildman–Crippen LogP) is 3.89. The molecule has 0 N–H and O–H groups in total. The van der Waals surface area contributed by atoms with E-state index in [2.05, 4.69) is 5.92 Å². The Bertz CT molecular complexity index is 538. The van der Waals surface area contributed by atoms with Crippen molar-refractivity contribution in [2.45, 2.75) is 79.6 Å². The van der Waals surface area contributed by atoms with Crippen molar-refractivity contribution in [3.63, 3.8) is 0 Å². The average Bonchev–Trinajstić information content (AvgIpc) is 2.53. The summed E-state index contributed by atoms with van der Waals surface area (Å²) in [7, 11) is 3.10. The topological polar surface area (TPSA) is 61.8 Å². The molecule has 0 saturated heterocycles. The monoisotopic (exact) mass is 382 g/mol. The van der Waals surface area contributed by atoms with Gasteiger partial charge in [-0.1, -0.05) is 27.7 Å². The highest BCUT2D eigenvalue weighted by Crippen LogP contribution is 2.36.